The van der Waals surface area contributed by atoms with E-state index in [2.05, 4.69) is 18.7 Å². The van der Waals surface area contributed by atoms with Gasteiger partial charge in [-0.25, -0.2) is 0 Å². The van der Waals surface area contributed by atoms with Crippen molar-refractivity contribution in [1.82, 2.24) is 4.90 Å². The molecule has 0 spiro atoms. The lowest BCUT2D eigenvalue weighted by Gasteiger charge is -2.38. The van der Waals surface area contributed by atoms with Crippen LogP contribution in [-0.4, -0.2) is 43.5 Å². The summed E-state index contributed by atoms with van der Waals surface area (Å²) in [6, 6.07) is 0.450. The van der Waals surface area contributed by atoms with E-state index in [0.717, 1.165) is 19.7 Å². The molecule has 1 aliphatic rings. The van der Waals surface area contributed by atoms with Crippen molar-refractivity contribution in [3.8, 4) is 0 Å². The van der Waals surface area contributed by atoms with E-state index in [1.807, 2.05) is 6.92 Å². The molecule has 1 saturated heterocycles. The third-order valence-corrected chi connectivity index (χ3v) is 3.28. The first-order chi connectivity index (χ1) is 7.06. The van der Waals surface area contributed by atoms with Crippen molar-refractivity contribution in [3.05, 3.63) is 0 Å². The van der Waals surface area contributed by atoms with Crippen molar-refractivity contribution >= 4 is 5.78 Å². The maximum absolute atomic E-state index is 11.4. The standard InChI is InChI=1S/C12H23NO2/c1-9(2)11(8-15-4)13-6-5-12(14)10(3)7-13/h9-11H,5-8H2,1-4H3. The number of ketones is 1. The van der Waals surface area contributed by atoms with Crippen molar-refractivity contribution in [2.24, 2.45) is 11.8 Å². The molecule has 0 saturated carbocycles. The summed E-state index contributed by atoms with van der Waals surface area (Å²) < 4.78 is 5.25. The van der Waals surface area contributed by atoms with Crippen molar-refractivity contribution in [2.45, 2.75) is 33.2 Å². The molecule has 0 N–H and O–H groups in total. The summed E-state index contributed by atoms with van der Waals surface area (Å²) in [5.74, 6) is 1.17. The van der Waals surface area contributed by atoms with E-state index in [0.29, 0.717) is 24.2 Å². The van der Waals surface area contributed by atoms with Crippen LogP contribution in [0.4, 0.5) is 0 Å². The van der Waals surface area contributed by atoms with E-state index in [1.54, 1.807) is 7.11 Å². The fourth-order valence-electron chi connectivity index (χ4n) is 2.24. The fourth-order valence-corrected chi connectivity index (χ4v) is 2.24. The molecule has 88 valence electrons. The Hall–Kier alpha value is -0.410. The van der Waals surface area contributed by atoms with Gasteiger partial charge in [0, 0.05) is 38.6 Å². The van der Waals surface area contributed by atoms with Gasteiger partial charge in [0.25, 0.3) is 0 Å². The summed E-state index contributed by atoms with van der Waals surface area (Å²) in [5, 5.41) is 0. The second-order valence-corrected chi connectivity index (χ2v) is 4.88. The summed E-state index contributed by atoms with van der Waals surface area (Å²) in [4.78, 5) is 13.8. The number of methoxy groups -OCH3 is 1. The van der Waals surface area contributed by atoms with E-state index >= 15 is 0 Å². The van der Waals surface area contributed by atoms with E-state index < -0.39 is 0 Å². The summed E-state index contributed by atoms with van der Waals surface area (Å²) >= 11 is 0. The average Bonchev–Trinajstić information content (AvgIpc) is 2.18. The molecule has 0 aromatic carbocycles. The summed E-state index contributed by atoms with van der Waals surface area (Å²) in [5.41, 5.74) is 0. The zero-order chi connectivity index (χ0) is 11.4. The smallest absolute Gasteiger partial charge is 0.138 e. The molecule has 0 aliphatic carbocycles. The predicted molar refractivity (Wildman–Crippen MR) is 60.9 cm³/mol. The molecule has 0 aromatic rings. The van der Waals surface area contributed by atoms with Gasteiger partial charge in [0.05, 0.1) is 6.61 Å². The highest BCUT2D eigenvalue weighted by Gasteiger charge is 2.29. The van der Waals surface area contributed by atoms with Crippen LogP contribution in [0.5, 0.6) is 0 Å². The highest BCUT2D eigenvalue weighted by Crippen LogP contribution is 2.19. The number of likely N-dealkylation sites (tertiary alicyclic amines) is 1. The summed E-state index contributed by atoms with van der Waals surface area (Å²) in [6.07, 6.45) is 0.702. The van der Waals surface area contributed by atoms with Crippen molar-refractivity contribution in [2.75, 3.05) is 26.8 Å². The monoisotopic (exact) mass is 213 g/mol. The molecule has 15 heavy (non-hydrogen) atoms. The maximum Gasteiger partial charge on any atom is 0.138 e. The Morgan fingerprint density at radius 2 is 2.20 bits per heavy atom. The van der Waals surface area contributed by atoms with Gasteiger partial charge in [0.15, 0.2) is 0 Å². The van der Waals surface area contributed by atoms with Gasteiger partial charge >= 0.3 is 0 Å². The minimum Gasteiger partial charge on any atom is -0.383 e. The Labute approximate surface area is 92.8 Å². The van der Waals surface area contributed by atoms with Gasteiger partial charge in [-0.3, -0.25) is 9.69 Å². The Bertz CT molecular complexity index is 216. The van der Waals surface area contributed by atoms with Gasteiger partial charge in [0.2, 0.25) is 0 Å². The molecule has 1 rings (SSSR count). The number of hydrogen-bond donors (Lipinski definition) is 0. The molecule has 0 bridgehead atoms. The van der Waals surface area contributed by atoms with Crippen LogP contribution in [0.2, 0.25) is 0 Å². The second-order valence-electron chi connectivity index (χ2n) is 4.88. The first-order valence-electron chi connectivity index (χ1n) is 5.82. The number of ether oxygens (including phenoxy) is 1. The Morgan fingerprint density at radius 1 is 1.53 bits per heavy atom. The highest BCUT2D eigenvalue weighted by atomic mass is 16.5. The van der Waals surface area contributed by atoms with Crippen LogP contribution in [0.1, 0.15) is 27.2 Å². The number of carbonyl (C=O) groups is 1. The third-order valence-electron chi connectivity index (χ3n) is 3.28. The molecule has 1 fully saturated rings. The van der Waals surface area contributed by atoms with E-state index in [-0.39, 0.29) is 5.92 Å². The second kappa shape index (κ2) is 5.61. The lowest BCUT2D eigenvalue weighted by Crippen LogP contribution is -2.49. The zero-order valence-electron chi connectivity index (χ0n) is 10.3. The van der Waals surface area contributed by atoms with Crippen LogP contribution in [0.25, 0.3) is 0 Å². The SMILES string of the molecule is COCC(C(C)C)N1CCC(=O)C(C)C1. The molecule has 3 nitrogen and oxygen atoms in total. The van der Waals surface area contributed by atoms with Crippen LogP contribution in [-0.2, 0) is 9.53 Å². The molecule has 0 radical (unpaired) electrons. The van der Waals surface area contributed by atoms with Gasteiger partial charge in [-0.2, -0.15) is 0 Å². The third kappa shape index (κ3) is 3.28. The zero-order valence-corrected chi connectivity index (χ0v) is 10.3. The van der Waals surface area contributed by atoms with Crippen molar-refractivity contribution in [1.29, 1.82) is 0 Å². The molecule has 1 aliphatic heterocycles. The first kappa shape index (κ1) is 12.7. The van der Waals surface area contributed by atoms with Crippen LogP contribution in [0, 0.1) is 11.8 Å². The van der Waals surface area contributed by atoms with Crippen LogP contribution in [0.3, 0.4) is 0 Å². The number of Topliss-reactive ketones (excluding diaryl/α,β-unsaturated/α-hetero) is 1. The Morgan fingerprint density at radius 3 is 2.67 bits per heavy atom. The quantitative estimate of drug-likeness (QED) is 0.710. The number of carbonyl (C=O) groups excluding carboxylic acids is 1. The van der Waals surface area contributed by atoms with Gasteiger partial charge in [-0.1, -0.05) is 20.8 Å². The van der Waals surface area contributed by atoms with Gasteiger partial charge in [-0.15, -0.1) is 0 Å². The minimum absolute atomic E-state index is 0.192. The number of piperidine rings is 1. The summed E-state index contributed by atoms with van der Waals surface area (Å²) in [6.45, 7) is 9.01. The van der Waals surface area contributed by atoms with Gasteiger partial charge in [0.1, 0.15) is 5.78 Å². The average molecular weight is 213 g/mol. The number of hydrogen-bond acceptors (Lipinski definition) is 3. The Balaban J connectivity index is 2.57. The molecule has 3 heteroatoms. The lowest BCUT2D eigenvalue weighted by molar-refractivity contribution is -0.126. The maximum atomic E-state index is 11.4. The molecule has 2 unspecified atom stereocenters. The van der Waals surface area contributed by atoms with Crippen LogP contribution < -0.4 is 0 Å². The van der Waals surface area contributed by atoms with Crippen molar-refractivity contribution in [3.63, 3.8) is 0 Å². The van der Waals surface area contributed by atoms with E-state index in [9.17, 15) is 4.79 Å². The van der Waals surface area contributed by atoms with Crippen molar-refractivity contribution < 1.29 is 9.53 Å². The van der Waals surface area contributed by atoms with Crippen LogP contribution in [0.15, 0.2) is 0 Å². The topological polar surface area (TPSA) is 29.5 Å². The molecule has 0 aromatic heterocycles. The fraction of sp³-hybridized carbons (Fsp3) is 0.917. The molecular formula is C12H23NO2. The summed E-state index contributed by atoms with van der Waals surface area (Å²) in [7, 11) is 1.74. The number of rotatable bonds is 4. The highest BCUT2D eigenvalue weighted by molar-refractivity contribution is 5.81. The predicted octanol–water partition coefficient (Wildman–Crippen LogP) is 1.57. The normalized spacial score (nSPS) is 25.9. The molecule has 1 heterocycles. The van der Waals surface area contributed by atoms with E-state index in [1.165, 1.54) is 0 Å². The molecular weight excluding hydrogens is 190 g/mol. The Kier molecular flexibility index (Phi) is 4.74. The first-order valence-corrected chi connectivity index (χ1v) is 5.82. The molecule has 2 atom stereocenters. The van der Waals surface area contributed by atoms with E-state index in [4.69, 9.17) is 4.74 Å². The minimum atomic E-state index is 0.192. The molecule has 0 amide bonds. The van der Waals surface area contributed by atoms with Gasteiger partial charge < -0.3 is 4.74 Å². The van der Waals surface area contributed by atoms with Gasteiger partial charge in [-0.05, 0) is 5.92 Å². The lowest BCUT2D eigenvalue weighted by atomic mass is 9.94. The van der Waals surface area contributed by atoms with Crippen LogP contribution >= 0.6 is 0 Å². The number of nitrogens with zero attached hydrogens (tertiary/aromatic N) is 1. The largest absolute Gasteiger partial charge is 0.383 e.